The maximum Gasteiger partial charge on any atom is 0.143 e. The van der Waals surface area contributed by atoms with Crippen molar-refractivity contribution >= 4 is 28.2 Å². The average Bonchev–Trinajstić information content (AvgIpc) is 2.79. The standard InChI is InChI=1S/C14H14ClFN2/c1-2-17-14-8-4-3-5-12(8)18-13-7-11(16)10(15)6-9(13)14/h6-7H,2-5H2,1H3,(H,17,18). The third-order valence-electron chi connectivity index (χ3n) is 3.41. The fourth-order valence-corrected chi connectivity index (χ4v) is 2.80. The summed E-state index contributed by atoms with van der Waals surface area (Å²) in [4.78, 5) is 4.56. The van der Waals surface area contributed by atoms with Crippen LogP contribution in [0, 0.1) is 5.82 Å². The molecule has 0 radical (unpaired) electrons. The molecule has 1 heterocycles. The van der Waals surface area contributed by atoms with Crippen molar-refractivity contribution in [3.05, 3.63) is 34.2 Å². The predicted octanol–water partition coefficient (Wildman–Crippen LogP) is 3.95. The maximum atomic E-state index is 13.5. The van der Waals surface area contributed by atoms with Crippen molar-refractivity contribution in [1.82, 2.24) is 4.98 Å². The number of pyridine rings is 1. The SMILES string of the molecule is CCNc1c2c(nc3cc(F)c(Cl)cc13)CCC2. The van der Waals surface area contributed by atoms with E-state index in [0.29, 0.717) is 5.52 Å². The molecule has 0 bridgehead atoms. The molecule has 2 nitrogen and oxygen atoms in total. The highest BCUT2D eigenvalue weighted by molar-refractivity contribution is 6.31. The topological polar surface area (TPSA) is 24.9 Å². The van der Waals surface area contributed by atoms with Gasteiger partial charge in [0.05, 0.1) is 10.5 Å². The van der Waals surface area contributed by atoms with Gasteiger partial charge in [-0.2, -0.15) is 0 Å². The number of aryl methyl sites for hydroxylation is 1. The summed E-state index contributed by atoms with van der Waals surface area (Å²) in [6.07, 6.45) is 3.14. The number of anilines is 1. The number of nitrogens with one attached hydrogen (secondary N) is 1. The summed E-state index contributed by atoms with van der Waals surface area (Å²) in [5, 5.41) is 4.45. The van der Waals surface area contributed by atoms with Crippen LogP contribution in [-0.4, -0.2) is 11.5 Å². The first-order valence-electron chi connectivity index (χ1n) is 6.25. The van der Waals surface area contributed by atoms with Gasteiger partial charge in [-0.15, -0.1) is 0 Å². The number of rotatable bonds is 2. The number of nitrogens with zero attached hydrogens (tertiary/aromatic N) is 1. The van der Waals surface area contributed by atoms with E-state index in [4.69, 9.17) is 11.6 Å². The lowest BCUT2D eigenvalue weighted by molar-refractivity contribution is 0.630. The zero-order valence-corrected chi connectivity index (χ0v) is 10.9. The van der Waals surface area contributed by atoms with Gasteiger partial charge in [-0.3, -0.25) is 4.98 Å². The van der Waals surface area contributed by atoms with Gasteiger partial charge in [0.25, 0.3) is 0 Å². The lowest BCUT2D eigenvalue weighted by Gasteiger charge is -2.13. The number of fused-ring (bicyclic) bond motifs is 2. The monoisotopic (exact) mass is 264 g/mol. The van der Waals surface area contributed by atoms with Crippen molar-refractivity contribution in [2.75, 3.05) is 11.9 Å². The molecule has 0 saturated heterocycles. The summed E-state index contributed by atoms with van der Waals surface area (Å²) in [5.41, 5.74) is 4.14. The maximum absolute atomic E-state index is 13.5. The van der Waals surface area contributed by atoms with Gasteiger partial charge < -0.3 is 5.32 Å². The van der Waals surface area contributed by atoms with E-state index in [9.17, 15) is 4.39 Å². The minimum absolute atomic E-state index is 0.154. The quantitative estimate of drug-likeness (QED) is 0.888. The van der Waals surface area contributed by atoms with Gasteiger partial charge in [0, 0.05) is 29.4 Å². The van der Waals surface area contributed by atoms with E-state index < -0.39 is 5.82 Å². The normalized spacial score (nSPS) is 13.9. The number of aromatic nitrogens is 1. The Morgan fingerprint density at radius 3 is 3.00 bits per heavy atom. The average molecular weight is 265 g/mol. The fraction of sp³-hybridized carbons (Fsp3) is 0.357. The molecule has 0 fully saturated rings. The first-order chi connectivity index (χ1) is 8.70. The van der Waals surface area contributed by atoms with Crippen LogP contribution in [0.25, 0.3) is 10.9 Å². The molecular weight excluding hydrogens is 251 g/mol. The third kappa shape index (κ3) is 1.74. The number of benzene rings is 1. The van der Waals surface area contributed by atoms with E-state index in [1.807, 2.05) is 0 Å². The van der Waals surface area contributed by atoms with E-state index in [-0.39, 0.29) is 5.02 Å². The zero-order chi connectivity index (χ0) is 12.7. The van der Waals surface area contributed by atoms with Gasteiger partial charge in [0.15, 0.2) is 0 Å². The second kappa shape index (κ2) is 4.39. The Bertz CT molecular complexity index is 625. The van der Waals surface area contributed by atoms with Gasteiger partial charge in [0.1, 0.15) is 5.82 Å². The Kier molecular flexibility index (Phi) is 2.86. The minimum Gasteiger partial charge on any atom is -0.384 e. The van der Waals surface area contributed by atoms with Crippen molar-refractivity contribution in [1.29, 1.82) is 0 Å². The molecule has 3 rings (SSSR count). The summed E-state index contributed by atoms with van der Waals surface area (Å²) >= 11 is 5.88. The molecule has 1 aromatic heterocycles. The molecule has 94 valence electrons. The molecule has 0 amide bonds. The number of hydrogen-bond acceptors (Lipinski definition) is 2. The van der Waals surface area contributed by atoms with Gasteiger partial charge in [-0.25, -0.2) is 4.39 Å². The number of hydrogen-bond donors (Lipinski definition) is 1. The molecule has 2 aromatic rings. The van der Waals surface area contributed by atoms with Crippen molar-refractivity contribution in [2.45, 2.75) is 26.2 Å². The zero-order valence-electron chi connectivity index (χ0n) is 10.2. The van der Waals surface area contributed by atoms with Crippen LogP contribution < -0.4 is 5.32 Å². The van der Waals surface area contributed by atoms with Crippen LogP contribution in [0.15, 0.2) is 12.1 Å². The van der Waals surface area contributed by atoms with Crippen LogP contribution in [0.1, 0.15) is 24.6 Å². The Balaban J connectivity index is 2.34. The molecule has 1 aliphatic rings. The Morgan fingerprint density at radius 2 is 2.22 bits per heavy atom. The van der Waals surface area contributed by atoms with Crippen LogP contribution in [0.2, 0.25) is 5.02 Å². The minimum atomic E-state index is -0.405. The number of halogens is 2. The fourth-order valence-electron chi connectivity index (χ4n) is 2.64. The highest BCUT2D eigenvalue weighted by Gasteiger charge is 2.20. The smallest absolute Gasteiger partial charge is 0.143 e. The van der Waals surface area contributed by atoms with E-state index >= 15 is 0 Å². The van der Waals surface area contributed by atoms with Crippen molar-refractivity contribution < 1.29 is 4.39 Å². The van der Waals surface area contributed by atoms with Gasteiger partial charge in [0.2, 0.25) is 0 Å². The van der Waals surface area contributed by atoms with Crippen molar-refractivity contribution in [3.63, 3.8) is 0 Å². The molecule has 1 aliphatic carbocycles. The summed E-state index contributed by atoms with van der Waals surface area (Å²) in [6, 6.07) is 3.10. The first kappa shape index (κ1) is 11.7. The first-order valence-corrected chi connectivity index (χ1v) is 6.63. The molecule has 4 heteroatoms. The highest BCUT2D eigenvalue weighted by Crippen LogP contribution is 2.35. The van der Waals surface area contributed by atoms with E-state index in [0.717, 1.165) is 42.6 Å². The Hall–Kier alpha value is -1.35. The van der Waals surface area contributed by atoms with E-state index in [2.05, 4.69) is 17.2 Å². The lowest BCUT2D eigenvalue weighted by atomic mass is 10.1. The molecule has 0 saturated carbocycles. The molecule has 0 spiro atoms. The summed E-state index contributed by atoms with van der Waals surface area (Å²) in [5.74, 6) is -0.405. The Morgan fingerprint density at radius 1 is 1.39 bits per heavy atom. The molecule has 0 aliphatic heterocycles. The van der Waals surface area contributed by atoms with Crippen molar-refractivity contribution in [2.24, 2.45) is 0 Å². The molecule has 18 heavy (non-hydrogen) atoms. The van der Waals surface area contributed by atoms with Gasteiger partial charge in [-0.05, 0) is 37.8 Å². The second-order valence-corrected chi connectivity index (χ2v) is 4.99. The summed E-state index contributed by atoms with van der Waals surface area (Å²) < 4.78 is 13.5. The van der Waals surface area contributed by atoms with Crippen LogP contribution >= 0.6 is 11.6 Å². The Labute approximate surface area is 110 Å². The second-order valence-electron chi connectivity index (χ2n) is 4.58. The molecular formula is C14H14ClFN2. The summed E-state index contributed by atoms with van der Waals surface area (Å²) in [6.45, 7) is 2.89. The van der Waals surface area contributed by atoms with Crippen LogP contribution in [-0.2, 0) is 12.8 Å². The third-order valence-corrected chi connectivity index (χ3v) is 3.70. The summed E-state index contributed by atoms with van der Waals surface area (Å²) in [7, 11) is 0. The van der Waals surface area contributed by atoms with Crippen LogP contribution in [0.4, 0.5) is 10.1 Å². The molecule has 1 aromatic carbocycles. The molecule has 0 atom stereocenters. The van der Waals surface area contributed by atoms with Crippen LogP contribution in [0.5, 0.6) is 0 Å². The van der Waals surface area contributed by atoms with Gasteiger partial charge in [-0.1, -0.05) is 11.6 Å². The lowest BCUT2D eigenvalue weighted by Crippen LogP contribution is -2.03. The van der Waals surface area contributed by atoms with Crippen molar-refractivity contribution in [3.8, 4) is 0 Å². The van der Waals surface area contributed by atoms with Gasteiger partial charge >= 0.3 is 0 Å². The predicted molar refractivity (Wildman–Crippen MR) is 72.9 cm³/mol. The molecule has 0 unspecified atom stereocenters. The largest absolute Gasteiger partial charge is 0.384 e. The highest BCUT2D eigenvalue weighted by atomic mass is 35.5. The van der Waals surface area contributed by atoms with E-state index in [1.54, 1.807) is 6.07 Å². The molecule has 1 N–H and O–H groups in total. The van der Waals surface area contributed by atoms with E-state index in [1.165, 1.54) is 11.6 Å². The van der Waals surface area contributed by atoms with Crippen LogP contribution in [0.3, 0.4) is 0 Å².